The minimum Gasteiger partial charge on any atom is -0.288 e. The van der Waals surface area contributed by atoms with Crippen LogP contribution in [-0.4, -0.2) is 5.78 Å². The van der Waals surface area contributed by atoms with Gasteiger partial charge in [-0.2, -0.15) is 0 Å². The average molecular weight is 362 g/mol. The zero-order valence-electron chi connectivity index (χ0n) is 8.88. The van der Waals surface area contributed by atoms with Crippen molar-refractivity contribution >= 4 is 28.4 Å². The summed E-state index contributed by atoms with van der Waals surface area (Å²) >= 11 is 2.00. The Balaban J connectivity index is 2.49. The van der Waals surface area contributed by atoms with Crippen molar-refractivity contribution < 1.29 is 18.0 Å². The number of rotatable bonds is 2. The molecule has 2 aromatic carbocycles. The first-order valence-electron chi connectivity index (χ1n) is 4.94. The summed E-state index contributed by atoms with van der Waals surface area (Å²) in [6, 6.07) is 7.38. The van der Waals surface area contributed by atoms with Gasteiger partial charge in [0.25, 0.3) is 0 Å². The van der Waals surface area contributed by atoms with E-state index in [1.165, 1.54) is 6.07 Å². The summed E-state index contributed by atoms with van der Waals surface area (Å²) in [5.74, 6) is -4.31. The molecule has 0 aromatic heterocycles. The van der Waals surface area contributed by atoms with Crippen molar-refractivity contribution in [3.05, 3.63) is 68.5 Å². The highest BCUT2D eigenvalue weighted by Crippen LogP contribution is 2.18. The van der Waals surface area contributed by atoms with Gasteiger partial charge in [0.15, 0.2) is 17.4 Å². The summed E-state index contributed by atoms with van der Waals surface area (Å²) < 4.78 is 40.0. The van der Waals surface area contributed by atoms with Crippen molar-refractivity contribution in [1.29, 1.82) is 0 Å². The standard InChI is InChI=1S/C13H6F3IO/c14-10-6-12(16)11(15)5-9(10)13(18)7-2-1-3-8(17)4-7/h1-6H. The van der Waals surface area contributed by atoms with Gasteiger partial charge in [-0.15, -0.1) is 0 Å². The molecule has 0 amide bonds. The minimum absolute atomic E-state index is 0.229. The lowest BCUT2D eigenvalue weighted by Crippen LogP contribution is -2.06. The molecule has 0 unspecified atom stereocenters. The number of hydrogen-bond acceptors (Lipinski definition) is 1. The van der Waals surface area contributed by atoms with E-state index in [0.717, 1.165) is 3.57 Å². The van der Waals surface area contributed by atoms with E-state index in [-0.39, 0.29) is 5.56 Å². The molecule has 5 heteroatoms. The van der Waals surface area contributed by atoms with Crippen LogP contribution in [0.25, 0.3) is 0 Å². The fraction of sp³-hybridized carbons (Fsp3) is 0. The Morgan fingerprint density at radius 2 is 1.61 bits per heavy atom. The van der Waals surface area contributed by atoms with Gasteiger partial charge in [0, 0.05) is 15.2 Å². The van der Waals surface area contributed by atoms with Crippen LogP contribution in [0, 0.1) is 21.0 Å². The highest BCUT2D eigenvalue weighted by atomic mass is 127. The Bertz CT molecular complexity index is 626. The second-order valence-corrected chi connectivity index (χ2v) is 4.83. The van der Waals surface area contributed by atoms with E-state index in [1.54, 1.807) is 18.2 Å². The largest absolute Gasteiger partial charge is 0.288 e. The molecule has 2 rings (SSSR count). The highest BCUT2D eigenvalue weighted by molar-refractivity contribution is 14.1. The molecular formula is C13H6F3IO. The SMILES string of the molecule is O=C(c1cccc(I)c1)c1cc(F)c(F)cc1F. The first-order chi connectivity index (χ1) is 8.49. The molecule has 0 bridgehead atoms. The third kappa shape index (κ3) is 2.55. The van der Waals surface area contributed by atoms with E-state index in [4.69, 9.17) is 0 Å². The maximum atomic E-state index is 13.4. The van der Waals surface area contributed by atoms with Crippen LogP contribution in [0.4, 0.5) is 13.2 Å². The number of hydrogen-bond donors (Lipinski definition) is 0. The summed E-state index contributed by atoms with van der Waals surface area (Å²) in [4.78, 5) is 12.0. The van der Waals surface area contributed by atoms with Crippen molar-refractivity contribution in [2.45, 2.75) is 0 Å². The van der Waals surface area contributed by atoms with Crippen molar-refractivity contribution in [3.8, 4) is 0 Å². The third-order valence-electron chi connectivity index (χ3n) is 2.34. The molecule has 0 radical (unpaired) electrons. The van der Waals surface area contributed by atoms with Crippen molar-refractivity contribution in [2.75, 3.05) is 0 Å². The molecule has 0 aliphatic rings. The molecule has 0 spiro atoms. The second kappa shape index (κ2) is 5.09. The minimum atomic E-state index is -1.31. The van der Waals surface area contributed by atoms with Gasteiger partial charge < -0.3 is 0 Å². The molecule has 0 aliphatic heterocycles. The van der Waals surface area contributed by atoms with E-state index in [1.807, 2.05) is 22.6 Å². The first-order valence-corrected chi connectivity index (χ1v) is 6.01. The normalized spacial score (nSPS) is 10.4. The summed E-state index contributed by atoms with van der Waals surface area (Å²) in [6.07, 6.45) is 0. The van der Waals surface area contributed by atoms with Gasteiger partial charge in [-0.1, -0.05) is 12.1 Å². The summed E-state index contributed by atoms with van der Waals surface area (Å²) in [6.45, 7) is 0. The Morgan fingerprint density at radius 3 is 2.28 bits per heavy atom. The van der Waals surface area contributed by atoms with E-state index < -0.39 is 28.8 Å². The molecule has 92 valence electrons. The van der Waals surface area contributed by atoms with Crippen molar-refractivity contribution in [3.63, 3.8) is 0 Å². The van der Waals surface area contributed by atoms with Crippen LogP contribution in [0.3, 0.4) is 0 Å². The number of carbonyl (C=O) groups is 1. The molecule has 0 fully saturated rings. The average Bonchev–Trinajstić information content (AvgIpc) is 2.33. The molecule has 0 saturated carbocycles. The van der Waals surface area contributed by atoms with Gasteiger partial charge in [-0.05, 0) is 40.8 Å². The topological polar surface area (TPSA) is 17.1 Å². The number of benzene rings is 2. The van der Waals surface area contributed by atoms with E-state index in [0.29, 0.717) is 12.1 Å². The zero-order chi connectivity index (χ0) is 13.3. The highest BCUT2D eigenvalue weighted by Gasteiger charge is 2.17. The van der Waals surface area contributed by atoms with E-state index >= 15 is 0 Å². The Kier molecular flexibility index (Phi) is 3.70. The summed E-state index contributed by atoms with van der Waals surface area (Å²) in [5, 5.41) is 0. The Labute approximate surface area is 115 Å². The molecule has 2 aromatic rings. The summed E-state index contributed by atoms with van der Waals surface area (Å²) in [5.41, 5.74) is -0.247. The van der Waals surface area contributed by atoms with E-state index in [2.05, 4.69) is 0 Å². The molecule has 0 heterocycles. The fourth-order valence-corrected chi connectivity index (χ4v) is 2.02. The molecule has 1 nitrogen and oxygen atoms in total. The van der Waals surface area contributed by atoms with E-state index in [9.17, 15) is 18.0 Å². The van der Waals surface area contributed by atoms with Crippen molar-refractivity contribution in [2.24, 2.45) is 0 Å². The van der Waals surface area contributed by atoms with Crippen LogP contribution in [0.5, 0.6) is 0 Å². The third-order valence-corrected chi connectivity index (χ3v) is 3.01. The number of ketones is 1. The van der Waals surface area contributed by atoms with Gasteiger partial charge in [0.2, 0.25) is 0 Å². The first kappa shape index (κ1) is 13.1. The van der Waals surface area contributed by atoms with Crippen LogP contribution in [-0.2, 0) is 0 Å². The van der Waals surface area contributed by atoms with Gasteiger partial charge in [-0.3, -0.25) is 4.79 Å². The lowest BCUT2D eigenvalue weighted by molar-refractivity contribution is 0.103. The molecule has 0 atom stereocenters. The van der Waals surface area contributed by atoms with Crippen LogP contribution in [0.15, 0.2) is 36.4 Å². The number of carbonyl (C=O) groups excluding carboxylic acids is 1. The summed E-state index contributed by atoms with van der Waals surface area (Å²) in [7, 11) is 0. The van der Waals surface area contributed by atoms with Gasteiger partial charge in [0.1, 0.15) is 5.82 Å². The predicted octanol–water partition coefficient (Wildman–Crippen LogP) is 3.94. The number of halogens is 4. The molecule has 0 saturated heterocycles. The Hall–Kier alpha value is -1.37. The Morgan fingerprint density at radius 1 is 0.944 bits per heavy atom. The van der Waals surface area contributed by atoms with Gasteiger partial charge in [-0.25, -0.2) is 13.2 Å². The lowest BCUT2D eigenvalue weighted by atomic mass is 10.0. The van der Waals surface area contributed by atoms with Gasteiger partial charge >= 0.3 is 0 Å². The van der Waals surface area contributed by atoms with Crippen LogP contribution in [0.1, 0.15) is 15.9 Å². The molecule has 18 heavy (non-hydrogen) atoms. The molecule has 0 aliphatic carbocycles. The maximum absolute atomic E-state index is 13.4. The quantitative estimate of drug-likeness (QED) is 0.450. The van der Waals surface area contributed by atoms with Crippen LogP contribution >= 0.6 is 22.6 Å². The van der Waals surface area contributed by atoms with Crippen LogP contribution < -0.4 is 0 Å². The molecular weight excluding hydrogens is 356 g/mol. The van der Waals surface area contributed by atoms with Crippen molar-refractivity contribution in [1.82, 2.24) is 0 Å². The van der Waals surface area contributed by atoms with Gasteiger partial charge in [0.05, 0.1) is 5.56 Å². The van der Waals surface area contributed by atoms with Crippen LogP contribution in [0.2, 0.25) is 0 Å². The lowest BCUT2D eigenvalue weighted by Gasteiger charge is -2.04. The predicted molar refractivity (Wildman–Crippen MR) is 68.9 cm³/mol. The zero-order valence-corrected chi connectivity index (χ0v) is 11.0. The second-order valence-electron chi connectivity index (χ2n) is 3.59. The smallest absolute Gasteiger partial charge is 0.196 e. The monoisotopic (exact) mass is 362 g/mol. The fourth-order valence-electron chi connectivity index (χ4n) is 1.48. The maximum Gasteiger partial charge on any atom is 0.196 e. The molecule has 0 N–H and O–H groups in total.